The lowest BCUT2D eigenvalue weighted by Gasteiger charge is -2.22. The molecule has 1 aliphatic rings. The Balaban J connectivity index is 2.39. The minimum absolute atomic E-state index is 0.116. The third kappa shape index (κ3) is 0.366. The van der Waals surface area contributed by atoms with Crippen molar-refractivity contribution < 1.29 is 0 Å². The van der Waals surface area contributed by atoms with Crippen molar-refractivity contribution in [2.24, 2.45) is 0 Å². The fourth-order valence-corrected chi connectivity index (χ4v) is 0.455. The van der Waals surface area contributed by atoms with Gasteiger partial charge in [0.25, 0.3) is 0 Å². The molecule has 1 aliphatic carbocycles. The molecule has 0 aromatic rings. The molecule has 1 unspecified atom stereocenters. The highest BCUT2D eigenvalue weighted by atomic mass is 14.5. The van der Waals surface area contributed by atoms with Crippen LogP contribution in [0.3, 0.4) is 0 Å². The Morgan fingerprint density at radius 2 is 2.33 bits per heavy atom. The molecule has 1 fully saturated rings. The van der Waals surface area contributed by atoms with Gasteiger partial charge in [-0.05, 0) is 18.7 Å². The van der Waals surface area contributed by atoms with Gasteiger partial charge in [0.2, 0.25) is 0 Å². The summed E-state index contributed by atoms with van der Waals surface area (Å²) in [4.78, 5) is 0. The molecular weight excluding hydrogens is 72.9 g/mol. The van der Waals surface area contributed by atoms with Crippen LogP contribution < -0.4 is 0 Å². The van der Waals surface area contributed by atoms with Crippen molar-refractivity contribution in [1.82, 2.24) is 0 Å². The number of nitrogens with one attached hydrogen (secondary N) is 1. The molecule has 1 atom stereocenters. The van der Waals surface area contributed by atoms with Crippen LogP contribution in [0.5, 0.6) is 0 Å². The zero-order chi connectivity index (χ0) is 4.57. The molecule has 1 rings (SSSR count). The van der Waals surface area contributed by atoms with Crippen molar-refractivity contribution in [3.8, 4) is 0 Å². The van der Waals surface area contributed by atoms with E-state index < -0.39 is 0 Å². The lowest BCUT2D eigenvalue weighted by molar-refractivity contribution is 0.791. The average molecular weight is 78.9 g/mol. The van der Waals surface area contributed by atoms with Crippen molar-refractivity contribution in [1.29, 1.82) is 5.41 Å². The molecule has 1 saturated carbocycles. The molecular formula is C4H6BN. The lowest BCUT2D eigenvalue weighted by atomic mass is 9.69. The molecule has 0 spiro atoms. The monoisotopic (exact) mass is 79.1 g/mol. The van der Waals surface area contributed by atoms with E-state index in [1.807, 2.05) is 0 Å². The second-order valence-corrected chi connectivity index (χ2v) is 1.67. The highest BCUT2D eigenvalue weighted by molar-refractivity contribution is 6.27. The van der Waals surface area contributed by atoms with E-state index in [0.717, 1.165) is 18.6 Å². The SMILES string of the molecule is [B]C1CCC1=N. The maximum absolute atomic E-state index is 6.91. The third-order valence-corrected chi connectivity index (χ3v) is 1.17. The summed E-state index contributed by atoms with van der Waals surface area (Å²) in [6, 6.07) is 0. The van der Waals surface area contributed by atoms with Crippen molar-refractivity contribution in [2.45, 2.75) is 18.7 Å². The zero-order valence-corrected chi connectivity index (χ0v) is 3.57. The first-order valence-electron chi connectivity index (χ1n) is 2.13. The molecule has 0 saturated heterocycles. The van der Waals surface area contributed by atoms with Gasteiger partial charge in [-0.1, -0.05) is 0 Å². The van der Waals surface area contributed by atoms with Crippen LogP contribution >= 0.6 is 0 Å². The van der Waals surface area contributed by atoms with Crippen molar-refractivity contribution >= 4 is 13.6 Å². The smallest absolute Gasteiger partial charge is 0.0780 e. The van der Waals surface area contributed by atoms with E-state index in [1.54, 1.807) is 0 Å². The van der Waals surface area contributed by atoms with Crippen LogP contribution in [-0.2, 0) is 0 Å². The Morgan fingerprint density at radius 1 is 1.83 bits per heavy atom. The first kappa shape index (κ1) is 3.91. The van der Waals surface area contributed by atoms with Crippen LogP contribution in [0.15, 0.2) is 0 Å². The van der Waals surface area contributed by atoms with Gasteiger partial charge in [-0.3, -0.25) is 0 Å². The summed E-state index contributed by atoms with van der Waals surface area (Å²) in [7, 11) is 5.30. The Hall–Kier alpha value is -0.265. The van der Waals surface area contributed by atoms with Gasteiger partial charge >= 0.3 is 0 Å². The van der Waals surface area contributed by atoms with Crippen LogP contribution in [0.1, 0.15) is 12.8 Å². The Labute approximate surface area is 38.7 Å². The second-order valence-electron chi connectivity index (χ2n) is 1.67. The normalized spacial score (nSPS) is 32.7. The number of rotatable bonds is 0. The molecule has 2 radical (unpaired) electrons. The maximum Gasteiger partial charge on any atom is 0.0780 e. The van der Waals surface area contributed by atoms with E-state index in [9.17, 15) is 0 Å². The zero-order valence-electron chi connectivity index (χ0n) is 3.57. The quantitative estimate of drug-likeness (QED) is 0.414. The van der Waals surface area contributed by atoms with E-state index in [1.165, 1.54) is 0 Å². The van der Waals surface area contributed by atoms with Gasteiger partial charge in [0, 0.05) is 5.71 Å². The summed E-state index contributed by atoms with van der Waals surface area (Å²) in [6.07, 6.45) is 1.96. The van der Waals surface area contributed by atoms with Crippen LogP contribution in [0.4, 0.5) is 0 Å². The molecule has 0 amide bonds. The van der Waals surface area contributed by atoms with Crippen LogP contribution in [0.25, 0.3) is 0 Å². The van der Waals surface area contributed by atoms with Crippen LogP contribution in [0, 0.1) is 5.41 Å². The fraction of sp³-hybridized carbons (Fsp3) is 0.750. The minimum atomic E-state index is 0.116. The fourth-order valence-electron chi connectivity index (χ4n) is 0.455. The van der Waals surface area contributed by atoms with Gasteiger partial charge in [-0.2, -0.15) is 0 Å². The van der Waals surface area contributed by atoms with Gasteiger partial charge in [0.05, 0.1) is 7.85 Å². The lowest BCUT2D eigenvalue weighted by Crippen LogP contribution is -2.18. The maximum atomic E-state index is 6.91. The van der Waals surface area contributed by atoms with Crippen molar-refractivity contribution in [3.05, 3.63) is 0 Å². The summed E-state index contributed by atoms with van der Waals surface area (Å²) < 4.78 is 0. The van der Waals surface area contributed by atoms with Crippen molar-refractivity contribution in [2.75, 3.05) is 0 Å². The Morgan fingerprint density at radius 3 is 2.33 bits per heavy atom. The Kier molecular flexibility index (Phi) is 0.719. The summed E-state index contributed by atoms with van der Waals surface area (Å²) in [5.41, 5.74) is 0.718. The topological polar surface area (TPSA) is 23.9 Å². The molecule has 0 bridgehead atoms. The summed E-state index contributed by atoms with van der Waals surface area (Å²) in [5, 5.41) is 6.91. The molecule has 0 aliphatic heterocycles. The van der Waals surface area contributed by atoms with E-state index in [0.29, 0.717) is 0 Å². The molecule has 0 aromatic carbocycles. The van der Waals surface area contributed by atoms with E-state index >= 15 is 0 Å². The van der Waals surface area contributed by atoms with Crippen LogP contribution in [0.2, 0.25) is 5.82 Å². The van der Waals surface area contributed by atoms with Crippen LogP contribution in [-0.4, -0.2) is 13.6 Å². The van der Waals surface area contributed by atoms with Gasteiger partial charge < -0.3 is 5.41 Å². The van der Waals surface area contributed by atoms with Gasteiger partial charge in [-0.15, -0.1) is 0 Å². The van der Waals surface area contributed by atoms with Gasteiger partial charge in [0.1, 0.15) is 0 Å². The predicted molar refractivity (Wildman–Crippen MR) is 26.5 cm³/mol. The second kappa shape index (κ2) is 1.10. The molecule has 2 heteroatoms. The molecule has 6 heavy (non-hydrogen) atoms. The summed E-state index contributed by atoms with van der Waals surface area (Å²) in [5.74, 6) is 0.116. The van der Waals surface area contributed by atoms with Gasteiger partial charge in [0.15, 0.2) is 0 Å². The highest BCUT2D eigenvalue weighted by Crippen LogP contribution is 2.24. The molecule has 0 aromatic heterocycles. The molecule has 1 N–H and O–H groups in total. The highest BCUT2D eigenvalue weighted by Gasteiger charge is 2.17. The largest absolute Gasteiger partial charge is 0.310 e. The number of hydrogen-bond acceptors (Lipinski definition) is 1. The Bertz CT molecular complexity index is 79.6. The molecule has 1 nitrogen and oxygen atoms in total. The average Bonchev–Trinajstić information content (AvgIpc) is 1.61. The van der Waals surface area contributed by atoms with Gasteiger partial charge in [-0.25, -0.2) is 0 Å². The summed E-state index contributed by atoms with van der Waals surface area (Å²) in [6.45, 7) is 0. The number of hydrogen-bond donors (Lipinski definition) is 1. The van der Waals surface area contributed by atoms with E-state index in [2.05, 4.69) is 0 Å². The first-order valence-corrected chi connectivity index (χ1v) is 2.13. The van der Waals surface area contributed by atoms with E-state index in [-0.39, 0.29) is 5.82 Å². The predicted octanol–water partition coefficient (Wildman–Crippen LogP) is 0.757. The standard InChI is InChI=1S/C4H6BN/c5-3-1-2-4(3)6/h3,6H,1-2H2. The van der Waals surface area contributed by atoms with E-state index in [4.69, 9.17) is 13.3 Å². The minimum Gasteiger partial charge on any atom is -0.310 e. The molecule has 0 heterocycles. The molecule has 30 valence electrons. The van der Waals surface area contributed by atoms with Crippen molar-refractivity contribution in [3.63, 3.8) is 0 Å². The third-order valence-electron chi connectivity index (χ3n) is 1.17. The first-order chi connectivity index (χ1) is 2.80. The summed E-state index contributed by atoms with van der Waals surface area (Å²) >= 11 is 0.